The van der Waals surface area contributed by atoms with E-state index in [1.165, 1.54) is 42.7 Å². The van der Waals surface area contributed by atoms with Crippen LogP contribution < -0.4 is 10.6 Å². The molecule has 0 radical (unpaired) electrons. The molecule has 5 nitrogen and oxygen atoms in total. The van der Waals surface area contributed by atoms with Crippen molar-refractivity contribution in [2.24, 2.45) is 0 Å². The minimum absolute atomic E-state index is 0.219. The van der Waals surface area contributed by atoms with Crippen LogP contribution in [-0.2, 0) is 17.6 Å². The predicted octanol–water partition coefficient (Wildman–Crippen LogP) is 4.74. The van der Waals surface area contributed by atoms with Crippen molar-refractivity contribution in [1.82, 2.24) is 10.2 Å². The lowest BCUT2D eigenvalue weighted by Crippen LogP contribution is -2.46. The number of piperidine rings is 1. The molecular weight excluding hydrogens is 402 g/mol. The monoisotopic (exact) mass is 437 g/mol. The highest BCUT2D eigenvalue weighted by molar-refractivity contribution is 7.80. The van der Waals surface area contributed by atoms with Crippen LogP contribution in [0.4, 0.5) is 5.00 Å². The smallest absolute Gasteiger partial charge is 0.341 e. The Morgan fingerprint density at radius 3 is 2.59 bits per heavy atom. The van der Waals surface area contributed by atoms with Crippen molar-refractivity contribution in [3.63, 3.8) is 0 Å². The summed E-state index contributed by atoms with van der Waals surface area (Å²) in [5, 5.41) is 8.32. The molecule has 2 aliphatic rings. The molecule has 0 aromatic carbocycles. The first-order valence-electron chi connectivity index (χ1n) is 11.2. The van der Waals surface area contributed by atoms with Crippen molar-refractivity contribution in [1.29, 1.82) is 0 Å². The number of nitrogens with zero attached hydrogens (tertiary/aromatic N) is 1. The van der Waals surface area contributed by atoms with Gasteiger partial charge in [0.05, 0.1) is 12.2 Å². The molecule has 2 N–H and O–H groups in total. The maximum absolute atomic E-state index is 12.7. The lowest BCUT2D eigenvalue weighted by atomic mass is 9.96. The molecule has 0 amide bonds. The first kappa shape index (κ1) is 22.5. The molecule has 0 unspecified atom stereocenters. The molecule has 162 valence electrons. The second kappa shape index (κ2) is 11.3. The Hall–Kier alpha value is -1.18. The molecule has 1 aromatic heterocycles. The number of anilines is 1. The van der Waals surface area contributed by atoms with Gasteiger partial charge in [-0.1, -0.05) is 19.8 Å². The fourth-order valence-electron chi connectivity index (χ4n) is 4.37. The van der Waals surface area contributed by atoms with E-state index in [4.69, 9.17) is 17.0 Å². The number of aryl methyl sites for hydroxylation is 1. The molecule has 1 saturated heterocycles. The summed E-state index contributed by atoms with van der Waals surface area (Å²) in [6.45, 7) is 7.90. The lowest BCUT2D eigenvalue weighted by molar-refractivity contribution is 0.0526. The van der Waals surface area contributed by atoms with E-state index in [1.54, 1.807) is 11.3 Å². The summed E-state index contributed by atoms with van der Waals surface area (Å²) in [6.07, 6.45) is 10.2. The summed E-state index contributed by atoms with van der Waals surface area (Å²) in [4.78, 5) is 16.6. The van der Waals surface area contributed by atoms with Gasteiger partial charge in [-0.3, -0.25) is 0 Å². The zero-order chi connectivity index (χ0) is 20.6. The van der Waals surface area contributed by atoms with Crippen LogP contribution >= 0.6 is 23.6 Å². The van der Waals surface area contributed by atoms with Crippen LogP contribution in [0.2, 0.25) is 0 Å². The Morgan fingerprint density at radius 1 is 1.17 bits per heavy atom. The summed E-state index contributed by atoms with van der Waals surface area (Å²) < 4.78 is 5.39. The number of thiophene rings is 1. The molecule has 1 aromatic rings. The van der Waals surface area contributed by atoms with Crippen LogP contribution in [0.5, 0.6) is 0 Å². The zero-order valence-corrected chi connectivity index (χ0v) is 19.5. The van der Waals surface area contributed by atoms with Gasteiger partial charge in [0.2, 0.25) is 0 Å². The van der Waals surface area contributed by atoms with Gasteiger partial charge in [0, 0.05) is 24.0 Å². The summed E-state index contributed by atoms with van der Waals surface area (Å²) >= 11 is 7.31. The number of hydrogen-bond acceptors (Lipinski definition) is 5. The number of rotatable bonds is 6. The molecule has 1 fully saturated rings. The SMILES string of the molecule is CCCN1CCC(NC(=S)Nc2sc3c(c2C(=O)OCC)CCCCCC3)CC1. The van der Waals surface area contributed by atoms with E-state index in [-0.39, 0.29) is 5.97 Å². The fraction of sp³-hybridized carbons (Fsp3) is 0.727. The number of esters is 1. The zero-order valence-electron chi connectivity index (χ0n) is 17.8. The molecule has 1 aliphatic carbocycles. The van der Waals surface area contributed by atoms with Crippen molar-refractivity contribution < 1.29 is 9.53 Å². The van der Waals surface area contributed by atoms with Gasteiger partial charge < -0.3 is 20.3 Å². The minimum Gasteiger partial charge on any atom is -0.462 e. The van der Waals surface area contributed by atoms with Crippen LogP contribution in [0, 0.1) is 0 Å². The molecule has 0 spiro atoms. The van der Waals surface area contributed by atoms with E-state index in [0.717, 1.165) is 55.8 Å². The molecule has 0 saturated carbocycles. The van der Waals surface area contributed by atoms with Gasteiger partial charge in [-0.2, -0.15) is 0 Å². The maximum Gasteiger partial charge on any atom is 0.341 e. The molecule has 3 rings (SSSR count). The van der Waals surface area contributed by atoms with Gasteiger partial charge in [-0.05, 0) is 76.2 Å². The van der Waals surface area contributed by atoms with E-state index in [2.05, 4.69) is 22.5 Å². The van der Waals surface area contributed by atoms with Gasteiger partial charge in [0.15, 0.2) is 5.11 Å². The normalized spacial score (nSPS) is 18.4. The third-order valence-electron chi connectivity index (χ3n) is 5.84. The van der Waals surface area contributed by atoms with E-state index in [1.807, 2.05) is 6.92 Å². The van der Waals surface area contributed by atoms with Crippen LogP contribution in [-0.4, -0.2) is 48.3 Å². The van der Waals surface area contributed by atoms with Crippen molar-refractivity contribution in [2.45, 2.75) is 77.7 Å². The van der Waals surface area contributed by atoms with Gasteiger partial charge >= 0.3 is 5.97 Å². The van der Waals surface area contributed by atoms with Crippen LogP contribution in [0.3, 0.4) is 0 Å². The second-order valence-corrected chi connectivity index (χ2v) is 9.57. The van der Waals surface area contributed by atoms with Crippen molar-refractivity contribution >= 4 is 39.6 Å². The average Bonchev–Trinajstić information content (AvgIpc) is 3.00. The molecule has 1 aliphatic heterocycles. The predicted molar refractivity (Wildman–Crippen MR) is 125 cm³/mol. The summed E-state index contributed by atoms with van der Waals surface area (Å²) in [7, 11) is 0. The number of nitrogens with one attached hydrogen (secondary N) is 2. The third-order valence-corrected chi connectivity index (χ3v) is 7.27. The maximum atomic E-state index is 12.7. The van der Waals surface area contributed by atoms with Gasteiger partial charge in [0.25, 0.3) is 0 Å². The van der Waals surface area contributed by atoms with E-state index >= 15 is 0 Å². The summed E-state index contributed by atoms with van der Waals surface area (Å²) in [6, 6.07) is 0.398. The third kappa shape index (κ3) is 6.15. The van der Waals surface area contributed by atoms with Crippen LogP contribution in [0.25, 0.3) is 0 Å². The largest absolute Gasteiger partial charge is 0.462 e. The van der Waals surface area contributed by atoms with Crippen molar-refractivity contribution in [3.05, 3.63) is 16.0 Å². The highest BCUT2D eigenvalue weighted by Gasteiger charge is 2.26. The Bertz CT molecular complexity index is 696. The number of hydrogen-bond donors (Lipinski definition) is 2. The molecule has 0 atom stereocenters. The number of likely N-dealkylation sites (tertiary alicyclic amines) is 1. The van der Waals surface area contributed by atoms with Crippen LogP contribution in [0.1, 0.15) is 79.6 Å². The second-order valence-electron chi connectivity index (χ2n) is 8.06. The number of thiocarbonyl (C=S) groups is 1. The molecule has 0 bridgehead atoms. The van der Waals surface area contributed by atoms with E-state index in [9.17, 15) is 4.79 Å². The topological polar surface area (TPSA) is 53.6 Å². The number of ether oxygens (including phenoxy) is 1. The Kier molecular flexibility index (Phi) is 8.75. The van der Waals surface area contributed by atoms with Gasteiger partial charge in [-0.25, -0.2) is 4.79 Å². The highest BCUT2D eigenvalue weighted by Crippen LogP contribution is 2.37. The molecule has 2 heterocycles. The fourth-order valence-corrected chi connectivity index (χ4v) is 5.98. The van der Waals surface area contributed by atoms with E-state index < -0.39 is 0 Å². The van der Waals surface area contributed by atoms with E-state index in [0.29, 0.717) is 17.8 Å². The number of fused-ring (bicyclic) bond motifs is 1. The average molecular weight is 438 g/mol. The Morgan fingerprint density at radius 2 is 1.90 bits per heavy atom. The van der Waals surface area contributed by atoms with Crippen molar-refractivity contribution in [2.75, 3.05) is 31.6 Å². The summed E-state index contributed by atoms with van der Waals surface area (Å²) in [5.74, 6) is -0.219. The highest BCUT2D eigenvalue weighted by atomic mass is 32.1. The first-order valence-corrected chi connectivity index (χ1v) is 12.5. The van der Waals surface area contributed by atoms with Crippen LogP contribution in [0.15, 0.2) is 0 Å². The Labute approximate surface area is 184 Å². The molecule has 7 heteroatoms. The van der Waals surface area contributed by atoms with Crippen molar-refractivity contribution in [3.8, 4) is 0 Å². The number of carbonyl (C=O) groups is 1. The standard InChI is InChI=1S/C22H35N3O2S2/c1-3-13-25-14-11-16(12-15-25)23-22(28)24-20-19(21(26)27-4-2)17-9-7-5-6-8-10-18(17)29-20/h16H,3-15H2,1-2H3,(H2,23,24,28). The number of carbonyl (C=O) groups excluding carboxylic acids is 1. The quantitative estimate of drug-likeness (QED) is 0.495. The lowest BCUT2D eigenvalue weighted by Gasteiger charge is -2.32. The van der Waals surface area contributed by atoms with Gasteiger partial charge in [-0.15, -0.1) is 11.3 Å². The molecule has 29 heavy (non-hydrogen) atoms. The molecular formula is C22H35N3O2S2. The van der Waals surface area contributed by atoms with Gasteiger partial charge in [0.1, 0.15) is 5.00 Å². The Balaban J connectivity index is 1.68. The minimum atomic E-state index is -0.219. The summed E-state index contributed by atoms with van der Waals surface area (Å²) in [5.41, 5.74) is 1.90. The first-order chi connectivity index (χ1) is 14.1.